The van der Waals surface area contributed by atoms with Crippen LogP contribution in [-0.4, -0.2) is 29.7 Å². The van der Waals surface area contributed by atoms with Crippen molar-refractivity contribution in [3.05, 3.63) is 60.9 Å². The molecule has 0 aliphatic carbocycles. The van der Waals surface area contributed by atoms with Gasteiger partial charge in [-0.2, -0.15) is 0 Å². The van der Waals surface area contributed by atoms with E-state index in [0.29, 0.717) is 11.5 Å². The van der Waals surface area contributed by atoms with Crippen LogP contribution in [0, 0.1) is 0 Å². The van der Waals surface area contributed by atoms with Crippen molar-refractivity contribution in [2.24, 2.45) is 0 Å². The number of methoxy groups -OCH3 is 2. The van der Waals surface area contributed by atoms with Gasteiger partial charge in [-0.15, -0.1) is 24.0 Å². The number of pyridine rings is 1. The first-order chi connectivity index (χ1) is 14.2. The first-order valence-corrected chi connectivity index (χ1v) is 10.2. The molecule has 0 amide bonds. The van der Waals surface area contributed by atoms with E-state index in [1.165, 1.54) is 0 Å². The molecule has 2 heterocycles. The monoisotopic (exact) mass is 424 g/mol. The van der Waals surface area contributed by atoms with Crippen molar-refractivity contribution in [1.82, 2.24) is 9.97 Å². The van der Waals surface area contributed by atoms with Crippen molar-refractivity contribution in [1.29, 1.82) is 0 Å². The second-order valence-electron chi connectivity index (χ2n) is 6.20. The smallest absolute Gasteiger partial charge is 0.162 e. The van der Waals surface area contributed by atoms with Crippen LogP contribution in [0.15, 0.2) is 60.9 Å². The Labute approximate surface area is 178 Å². The van der Waals surface area contributed by atoms with Gasteiger partial charge in [0.25, 0.3) is 0 Å². The molecule has 4 aromatic rings. The van der Waals surface area contributed by atoms with Crippen LogP contribution in [0.3, 0.4) is 0 Å². The van der Waals surface area contributed by atoms with Gasteiger partial charge in [-0.3, -0.25) is 4.98 Å². The molecule has 1 atom stereocenters. The summed E-state index contributed by atoms with van der Waals surface area (Å²) in [6, 6.07) is 15.7. The molecule has 0 fully saturated rings. The minimum atomic E-state index is -0.303. The highest BCUT2D eigenvalue weighted by atomic mass is 32.1. The zero-order valence-corrected chi connectivity index (χ0v) is 17.6. The number of thiazole rings is 1. The highest BCUT2D eigenvalue weighted by molar-refractivity contribution is 7.81. The average molecular weight is 425 g/mol. The Balaban J connectivity index is 1.49. The van der Waals surface area contributed by atoms with Gasteiger partial charge in [-0.1, -0.05) is 12.1 Å². The van der Waals surface area contributed by atoms with Crippen LogP contribution in [0.4, 0.5) is 11.4 Å². The fraction of sp³-hybridized carbons (Fsp3) is 0.143. The zero-order chi connectivity index (χ0) is 20.2. The predicted molar refractivity (Wildman–Crippen MR) is 122 cm³/mol. The van der Waals surface area contributed by atoms with Gasteiger partial charge >= 0.3 is 0 Å². The van der Waals surface area contributed by atoms with E-state index >= 15 is 0 Å². The number of hydrogen-bond acceptors (Lipinski definition) is 8. The second-order valence-corrected chi connectivity index (χ2v) is 7.75. The summed E-state index contributed by atoms with van der Waals surface area (Å²) < 4.78 is 11.7. The Kier molecular flexibility index (Phi) is 5.73. The summed E-state index contributed by atoms with van der Waals surface area (Å²) in [6.07, 6.45) is 3.60. The van der Waals surface area contributed by atoms with Gasteiger partial charge in [-0.05, 0) is 30.3 Å². The Morgan fingerprint density at radius 2 is 1.76 bits per heavy atom. The standard InChI is InChI=1S/C21H20N4O2S2/c1-26-17-7-6-15(11-18(17)27-2)24-21(28)23-14-5-3-4-13(10-14)20-25-16-8-9-22-12-19(16)29-20/h3-12,21,23-24,28H,1-2H3. The third-order valence-electron chi connectivity index (χ3n) is 4.29. The molecular formula is C21H20N4O2S2. The normalized spacial score (nSPS) is 11.8. The highest BCUT2D eigenvalue weighted by Crippen LogP contribution is 2.32. The molecule has 2 N–H and O–H groups in total. The minimum Gasteiger partial charge on any atom is -0.493 e. The van der Waals surface area contributed by atoms with Gasteiger partial charge in [0.05, 0.1) is 24.4 Å². The van der Waals surface area contributed by atoms with E-state index in [2.05, 4.69) is 34.3 Å². The van der Waals surface area contributed by atoms with E-state index in [0.717, 1.165) is 32.2 Å². The first-order valence-electron chi connectivity index (χ1n) is 8.90. The molecule has 1 unspecified atom stereocenters. The molecule has 8 heteroatoms. The second kappa shape index (κ2) is 8.59. The van der Waals surface area contributed by atoms with Gasteiger partial charge in [0.1, 0.15) is 10.5 Å². The summed E-state index contributed by atoms with van der Waals surface area (Å²) in [5, 5.41) is 7.60. The number of ether oxygens (including phenoxy) is 2. The average Bonchev–Trinajstić information content (AvgIpc) is 3.18. The Morgan fingerprint density at radius 3 is 2.52 bits per heavy atom. The van der Waals surface area contributed by atoms with Crippen LogP contribution in [0.25, 0.3) is 20.8 Å². The number of anilines is 2. The van der Waals surface area contributed by atoms with E-state index < -0.39 is 0 Å². The number of thiol groups is 1. The maximum absolute atomic E-state index is 5.35. The Hall–Kier alpha value is -2.97. The lowest BCUT2D eigenvalue weighted by molar-refractivity contribution is 0.355. The molecule has 2 aromatic carbocycles. The van der Waals surface area contributed by atoms with Crippen molar-refractivity contribution < 1.29 is 9.47 Å². The molecule has 0 radical (unpaired) electrons. The number of rotatable bonds is 7. The minimum absolute atomic E-state index is 0.303. The van der Waals surface area contributed by atoms with Crippen LogP contribution in [-0.2, 0) is 0 Å². The largest absolute Gasteiger partial charge is 0.493 e. The van der Waals surface area contributed by atoms with E-state index in [9.17, 15) is 0 Å². The quantitative estimate of drug-likeness (QED) is 0.283. The van der Waals surface area contributed by atoms with Crippen molar-refractivity contribution in [2.75, 3.05) is 24.9 Å². The molecule has 0 saturated carbocycles. The fourth-order valence-corrected chi connectivity index (χ4v) is 4.15. The van der Waals surface area contributed by atoms with Crippen LogP contribution >= 0.6 is 24.0 Å². The van der Waals surface area contributed by atoms with Crippen molar-refractivity contribution in [2.45, 2.75) is 5.50 Å². The van der Waals surface area contributed by atoms with Crippen LogP contribution in [0.1, 0.15) is 0 Å². The lowest BCUT2D eigenvalue weighted by atomic mass is 10.2. The molecule has 148 valence electrons. The summed E-state index contributed by atoms with van der Waals surface area (Å²) in [5.74, 6) is 1.34. The molecule has 0 spiro atoms. The van der Waals surface area contributed by atoms with Crippen molar-refractivity contribution in [3.8, 4) is 22.1 Å². The van der Waals surface area contributed by atoms with Crippen LogP contribution in [0.2, 0.25) is 0 Å². The summed E-state index contributed by atoms with van der Waals surface area (Å²) in [4.78, 5) is 8.86. The lowest BCUT2D eigenvalue weighted by Crippen LogP contribution is -2.22. The van der Waals surface area contributed by atoms with E-state index in [4.69, 9.17) is 14.5 Å². The van der Waals surface area contributed by atoms with Gasteiger partial charge in [0, 0.05) is 35.4 Å². The third-order valence-corrected chi connectivity index (χ3v) is 5.60. The third kappa shape index (κ3) is 4.38. The molecular weight excluding hydrogens is 404 g/mol. The molecule has 2 aromatic heterocycles. The number of aromatic nitrogens is 2. The molecule has 0 aliphatic rings. The number of fused-ring (bicyclic) bond motifs is 1. The molecule has 0 saturated heterocycles. The highest BCUT2D eigenvalue weighted by Gasteiger charge is 2.10. The van der Waals surface area contributed by atoms with Gasteiger partial charge < -0.3 is 20.1 Å². The van der Waals surface area contributed by atoms with E-state index in [1.54, 1.807) is 31.8 Å². The molecule has 29 heavy (non-hydrogen) atoms. The Morgan fingerprint density at radius 1 is 0.966 bits per heavy atom. The number of nitrogens with one attached hydrogen (secondary N) is 2. The summed E-state index contributed by atoms with van der Waals surface area (Å²) >= 11 is 6.24. The topological polar surface area (TPSA) is 68.3 Å². The molecule has 4 rings (SSSR count). The van der Waals surface area contributed by atoms with Gasteiger partial charge in [0.15, 0.2) is 11.5 Å². The maximum Gasteiger partial charge on any atom is 0.162 e. The Bertz CT molecular complexity index is 1100. The molecule has 0 bridgehead atoms. The first kappa shape index (κ1) is 19.4. The SMILES string of the molecule is COc1ccc(NC(S)Nc2cccc(-c3nc4ccncc4s3)c2)cc1OC. The van der Waals surface area contributed by atoms with Gasteiger partial charge in [-0.25, -0.2) is 4.98 Å². The van der Waals surface area contributed by atoms with Crippen molar-refractivity contribution >= 4 is 45.6 Å². The number of nitrogens with zero attached hydrogens (tertiary/aromatic N) is 2. The maximum atomic E-state index is 5.35. The summed E-state index contributed by atoms with van der Waals surface area (Å²) in [5.41, 5.74) is 3.50. The van der Waals surface area contributed by atoms with Gasteiger partial charge in [0.2, 0.25) is 0 Å². The van der Waals surface area contributed by atoms with E-state index in [1.807, 2.05) is 48.7 Å². The molecule has 6 nitrogen and oxygen atoms in total. The van der Waals surface area contributed by atoms with Crippen LogP contribution < -0.4 is 20.1 Å². The molecule has 0 aliphatic heterocycles. The van der Waals surface area contributed by atoms with Crippen LogP contribution in [0.5, 0.6) is 11.5 Å². The number of benzene rings is 2. The van der Waals surface area contributed by atoms with E-state index in [-0.39, 0.29) is 5.50 Å². The predicted octanol–water partition coefficient (Wildman–Crippen LogP) is 5.11. The van der Waals surface area contributed by atoms with Crippen molar-refractivity contribution in [3.63, 3.8) is 0 Å². The summed E-state index contributed by atoms with van der Waals surface area (Å²) in [6.45, 7) is 0. The fourth-order valence-electron chi connectivity index (χ4n) is 2.92. The number of hydrogen-bond donors (Lipinski definition) is 3. The zero-order valence-electron chi connectivity index (χ0n) is 15.9. The lowest BCUT2D eigenvalue weighted by Gasteiger charge is -2.18. The summed E-state index contributed by atoms with van der Waals surface area (Å²) in [7, 11) is 3.23.